The number of nitrogens with one attached hydrogen (secondary N) is 4. The number of aromatic amines is 1. The zero-order valence-electron chi connectivity index (χ0n) is 16.8. The molecule has 3 aromatic rings. The standard InChI is InChI=1S/C19H24N6O3S/c1-5-14-8-13(9-22-29(4,27)28)6-7-15(14)24-18-11(2)16-17(21-10-20-16)19(25-18)23-12(3)26/h6-8,10,22H,5,9H2,1-4H3,(H,20,21)(H2,23,24,25,26). The van der Waals surface area contributed by atoms with Crippen LogP contribution in [0.2, 0.25) is 0 Å². The monoisotopic (exact) mass is 416 g/mol. The van der Waals surface area contributed by atoms with Crippen molar-refractivity contribution in [2.45, 2.75) is 33.7 Å². The lowest BCUT2D eigenvalue weighted by molar-refractivity contribution is -0.114. The van der Waals surface area contributed by atoms with Gasteiger partial charge in [-0.1, -0.05) is 19.1 Å². The van der Waals surface area contributed by atoms with Gasteiger partial charge in [-0.25, -0.2) is 23.1 Å². The van der Waals surface area contributed by atoms with Crippen LogP contribution in [0, 0.1) is 6.92 Å². The Hall–Kier alpha value is -2.98. The van der Waals surface area contributed by atoms with Gasteiger partial charge in [0.25, 0.3) is 0 Å². The summed E-state index contributed by atoms with van der Waals surface area (Å²) in [6.07, 6.45) is 3.45. The van der Waals surface area contributed by atoms with Crippen LogP contribution in [0.1, 0.15) is 30.5 Å². The van der Waals surface area contributed by atoms with E-state index in [9.17, 15) is 13.2 Å². The minimum absolute atomic E-state index is 0.222. The fourth-order valence-corrected chi connectivity index (χ4v) is 3.44. The third-order valence-electron chi connectivity index (χ3n) is 4.45. The second kappa shape index (κ2) is 8.18. The van der Waals surface area contributed by atoms with E-state index in [0.717, 1.165) is 40.6 Å². The fourth-order valence-electron chi connectivity index (χ4n) is 3.02. The number of imidazole rings is 1. The Morgan fingerprint density at radius 3 is 2.66 bits per heavy atom. The Morgan fingerprint density at radius 1 is 1.24 bits per heavy atom. The predicted molar refractivity (Wildman–Crippen MR) is 114 cm³/mol. The molecular formula is C19H24N6O3S. The van der Waals surface area contributed by atoms with Gasteiger partial charge in [0.2, 0.25) is 15.9 Å². The summed E-state index contributed by atoms with van der Waals surface area (Å²) in [6.45, 7) is 5.59. The number of anilines is 3. The maximum Gasteiger partial charge on any atom is 0.222 e. The highest BCUT2D eigenvalue weighted by Crippen LogP contribution is 2.30. The van der Waals surface area contributed by atoms with Crippen LogP contribution in [0.5, 0.6) is 0 Å². The molecule has 2 heterocycles. The van der Waals surface area contributed by atoms with E-state index in [-0.39, 0.29) is 12.5 Å². The molecule has 3 rings (SSSR count). The van der Waals surface area contributed by atoms with E-state index in [1.54, 1.807) is 6.33 Å². The first-order valence-corrected chi connectivity index (χ1v) is 11.0. The summed E-state index contributed by atoms with van der Waals surface area (Å²) in [6, 6.07) is 5.71. The molecule has 0 saturated heterocycles. The zero-order valence-corrected chi connectivity index (χ0v) is 17.6. The van der Waals surface area contributed by atoms with Crippen LogP contribution in [-0.2, 0) is 27.8 Å². The number of rotatable bonds is 7. The third kappa shape index (κ3) is 4.90. The summed E-state index contributed by atoms with van der Waals surface area (Å²) in [5.74, 6) is 0.773. The number of H-pyrrole nitrogens is 1. The molecule has 0 saturated carbocycles. The summed E-state index contributed by atoms with van der Waals surface area (Å²) in [4.78, 5) is 23.5. The van der Waals surface area contributed by atoms with Gasteiger partial charge in [0.05, 0.1) is 18.1 Å². The largest absolute Gasteiger partial charge is 0.342 e. The highest BCUT2D eigenvalue weighted by atomic mass is 32.2. The summed E-state index contributed by atoms with van der Waals surface area (Å²) in [5, 5.41) is 6.06. The van der Waals surface area contributed by atoms with Gasteiger partial charge in [-0.15, -0.1) is 0 Å². The van der Waals surface area contributed by atoms with Gasteiger partial charge in [-0.05, 0) is 30.5 Å². The molecule has 2 aromatic heterocycles. The number of amides is 1. The Morgan fingerprint density at radius 2 is 2.00 bits per heavy atom. The van der Waals surface area contributed by atoms with E-state index in [1.807, 2.05) is 32.0 Å². The minimum atomic E-state index is -3.26. The van der Waals surface area contributed by atoms with Crippen LogP contribution in [0.25, 0.3) is 11.0 Å². The van der Waals surface area contributed by atoms with Crippen LogP contribution in [0.4, 0.5) is 17.3 Å². The Bertz CT molecular complexity index is 1170. The van der Waals surface area contributed by atoms with Crippen LogP contribution in [-0.4, -0.2) is 35.5 Å². The molecule has 0 fully saturated rings. The molecule has 0 atom stereocenters. The quantitative estimate of drug-likeness (QED) is 0.468. The number of aryl methyl sites for hydroxylation is 2. The van der Waals surface area contributed by atoms with E-state index in [1.165, 1.54) is 6.92 Å². The van der Waals surface area contributed by atoms with Crippen molar-refractivity contribution in [2.75, 3.05) is 16.9 Å². The van der Waals surface area contributed by atoms with Crippen molar-refractivity contribution >= 4 is 44.3 Å². The first-order chi connectivity index (χ1) is 13.7. The number of carbonyl (C=O) groups is 1. The van der Waals surface area contributed by atoms with Gasteiger partial charge in [0.1, 0.15) is 11.3 Å². The molecule has 0 aliphatic carbocycles. The third-order valence-corrected chi connectivity index (χ3v) is 5.12. The van der Waals surface area contributed by atoms with E-state index < -0.39 is 10.0 Å². The number of nitrogens with zero attached hydrogens (tertiary/aromatic N) is 2. The van der Waals surface area contributed by atoms with Gasteiger partial charge in [0.15, 0.2) is 5.82 Å². The Labute approximate surface area is 169 Å². The Balaban J connectivity index is 1.95. The van der Waals surface area contributed by atoms with E-state index in [2.05, 4.69) is 30.3 Å². The van der Waals surface area contributed by atoms with Crippen LogP contribution in [0.3, 0.4) is 0 Å². The minimum Gasteiger partial charge on any atom is -0.342 e. The van der Waals surface area contributed by atoms with Crippen molar-refractivity contribution in [3.63, 3.8) is 0 Å². The molecule has 1 aromatic carbocycles. The van der Waals surface area contributed by atoms with Gasteiger partial charge in [-0.2, -0.15) is 0 Å². The number of fused-ring (bicyclic) bond motifs is 1. The fraction of sp³-hybridized carbons (Fsp3) is 0.316. The summed E-state index contributed by atoms with van der Waals surface area (Å²) >= 11 is 0. The average Bonchev–Trinajstić information content (AvgIpc) is 3.14. The summed E-state index contributed by atoms with van der Waals surface area (Å²) < 4.78 is 25.2. The molecule has 0 aliphatic rings. The average molecular weight is 417 g/mol. The normalized spacial score (nSPS) is 11.6. The number of benzene rings is 1. The van der Waals surface area contributed by atoms with Crippen molar-refractivity contribution in [3.8, 4) is 0 Å². The number of hydrogen-bond acceptors (Lipinski definition) is 6. The molecule has 0 unspecified atom stereocenters. The van der Waals surface area contributed by atoms with E-state index in [4.69, 9.17) is 0 Å². The zero-order chi connectivity index (χ0) is 21.2. The molecule has 1 amide bonds. The first kappa shape index (κ1) is 20.7. The molecule has 0 radical (unpaired) electrons. The topological polar surface area (TPSA) is 129 Å². The van der Waals surface area contributed by atoms with Crippen LogP contribution >= 0.6 is 0 Å². The second-order valence-corrected chi connectivity index (χ2v) is 8.64. The highest BCUT2D eigenvalue weighted by molar-refractivity contribution is 7.88. The molecule has 10 heteroatoms. The number of pyridine rings is 1. The predicted octanol–water partition coefficient (Wildman–Crippen LogP) is 2.58. The van der Waals surface area contributed by atoms with E-state index >= 15 is 0 Å². The molecule has 0 aliphatic heterocycles. The molecule has 4 N–H and O–H groups in total. The SMILES string of the molecule is CCc1cc(CNS(C)(=O)=O)ccc1Nc1nc(NC(C)=O)c2[nH]cnc2c1C. The van der Waals surface area contributed by atoms with Gasteiger partial charge >= 0.3 is 0 Å². The van der Waals surface area contributed by atoms with Crippen molar-refractivity contribution in [1.29, 1.82) is 0 Å². The van der Waals surface area contributed by atoms with Crippen molar-refractivity contribution in [3.05, 3.63) is 41.2 Å². The molecule has 9 nitrogen and oxygen atoms in total. The van der Waals surface area contributed by atoms with E-state index in [0.29, 0.717) is 17.2 Å². The summed E-state index contributed by atoms with van der Waals surface area (Å²) in [5.41, 5.74) is 4.97. The lowest BCUT2D eigenvalue weighted by Gasteiger charge is -2.15. The van der Waals surface area contributed by atoms with Crippen molar-refractivity contribution in [2.24, 2.45) is 0 Å². The molecule has 154 valence electrons. The Kier molecular flexibility index (Phi) is 5.85. The number of carbonyl (C=O) groups excluding carboxylic acids is 1. The summed E-state index contributed by atoms with van der Waals surface area (Å²) in [7, 11) is -3.26. The van der Waals surface area contributed by atoms with Crippen LogP contribution in [0.15, 0.2) is 24.5 Å². The van der Waals surface area contributed by atoms with Crippen LogP contribution < -0.4 is 15.4 Å². The lowest BCUT2D eigenvalue weighted by Crippen LogP contribution is -2.21. The number of aromatic nitrogens is 3. The molecule has 0 bridgehead atoms. The lowest BCUT2D eigenvalue weighted by atomic mass is 10.1. The first-order valence-electron chi connectivity index (χ1n) is 9.12. The molecule has 0 spiro atoms. The maximum atomic E-state index is 11.5. The number of hydrogen-bond donors (Lipinski definition) is 4. The van der Waals surface area contributed by atoms with Gasteiger partial charge < -0.3 is 15.6 Å². The van der Waals surface area contributed by atoms with Gasteiger partial charge in [-0.3, -0.25) is 4.79 Å². The number of sulfonamides is 1. The smallest absolute Gasteiger partial charge is 0.222 e. The molecular weight excluding hydrogens is 392 g/mol. The maximum absolute atomic E-state index is 11.5. The second-order valence-electron chi connectivity index (χ2n) is 6.80. The van der Waals surface area contributed by atoms with Crippen molar-refractivity contribution in [1.82, 2.24) is 19.7 Å². The van der Waals surface area contributed by atoms with Gasteiger partial charge in [0, 0.05) is 24.7 Å². The highest BCUT2D eigenvalue weighted by Gasteiger charge is 2.15. The van der Waals surface area contributed by atoms with Crippen molar-refractivity contribution < 1.29 is 13.2 Å². The molecule has 29 heavy (non-hydrogen) atoms.